The van der Waals surface area contributed by atoms with Crippen LogP contribution in [0.25, 0.3) is 10.8 Å². The summed E-state index contributed by atoms with van der Waals surface area (Å²) in [6.45, 7) is 4.18. The summed E-state index contributed by atoms with van der Waals surface area (Å²) in [5.41, 5.74) is 1.57. The van der Waals surface area contributed by atoms with Crippen LogP contribution in [0.15, 0.2) is 30.3 Å². The summed E-state index contributed by atoms with van der Waals surface area (Å²) >= 11 is 0. The first-order valence-corrected chi connectivity index (χ1v) is 9.33. The van der Waals surface area contributed by atoms with Crippen LogP contribution in [0.3, 0.4) is 0 Å². The number of carbonyl (C=O) groups is 2. The zero-order valence-electron chi connectivity index (χ0n) is 13.6. The fourth-order valence-electron chi connectivity index (χ4n) is 2.96. The Morgan fingerprint density at radius 1 is 1.04 bits per heavy atom. The van der Waals surface area contributed by atoms with Gasteiger partial charge in [-0.2, -0.15) is 8.42 Å². The molecule has 24 heavy (non-hydrogen) atoms. The third-order valence-electron chi connectivity index (χ3n) is 3.80. The van der Waals surface area contributed by atoms with Gasteiger partial charge in [-0.1, -0.05) is 32.0 Å². The first-order chi connectivity index (χ1) is 11.2. The highest BCUT2D eigenvalue weighted by atomic mass is 32.2. The second-order valence-electron chi connectivity index (χ2n) is 6.28. The van der Waals surface area contributed by atoms with Crippen molar-refractivity contribution in [2.45, 2.75) is 20.3 Å². The van der Waals surface area contributed by atoms with Gasteiger partial charge in [-0.25, -0.2) is 0 Å². The van der Waals surface area contributed by atoms with Crippen molar-refractivity contribution < 1.29 is 22.3 Å². The average molecular weight is 347 g/mol. The number of hydrogen-bond acceptors (Lipinski definition) is 5. The van der Waals surface area contributed by atoms with Crippen LogP contribution in [0.5, 0.6) is 0 Å². The van der Waals surface area contributed by atoms with Crippen molar-refractivity contribution in [2.24, 2.45) is 5.92 Å². The Morgan fingerprint density at radius 2 is 1.67 bits per heavy atom. The van der Waals surface area contributed by atoms with Gasteiger partial charge < -0.3 is 0 Å². The quantitative estimate of drug-likeness (QED) is 0.794. The van der Waals surface area contributed by atoms with Gasteiger partial charge in [-0.15, -0.1) is 9.35 Å². The standard InChI is InChI=1S/C17H17NO5S/c1-10(2)9-11-7-8-14-15-12(11)5-4-6-13(15)16(19)18(17(14)20)23-24(3,21)22/h4-8,10H,9H2,1-3H3. The highest BCUT2D eigenvalue weighted by Crippen LogP contribution is 2.33. The molecule has 0 radical (unpaired) electrons. The van der Waals surface area contributed by atoms with Gasteiger partial charge in [-0.3, -0.25) is 9.59 Å². The van der Waals surface area contributed by atoms with Crippen LogP contribution in [-0.4, -0.2) is 31.6 Å². The highest BCUT2D eigenvalue weighted by molar-refractivity contribution is 7.85. The van der Waals surface area contributed by atoms with Crippen molar-refractivity contribution in [3.05, 3.63) is 47.0 Å². The summed E-state index contributed by atoms with van der Waals surface area (Å²) in [4.78, 5) is 25.1. The van der Waals surface area contributed by atoms with Crippen LogP contribution < -0.4 is 0 Å². The van der Waals surface area contributed by atoms with Gasteiger partial charge in [0, 0.05) is 5.39 Å². The molecule has 1 aliphatic rings. The minimum absolute atomic E-state index is 0.261. The molecule has 6 nitrogen and oxygen atoms in total. The van der Waals surface area contributed by atoms with Crippen molar-refractivity contribution in [1.82, 2.24) is 5.06 Å². The normalized spacial score (nSPS) is 14.8. The molecule has 0 atom stereocenters. The minimum Gasteiger partial charge on any atom is -0.266 e. The molecule has 0 saturated heterocycles. The summed E-state index contributed by atoms with van der Waals surface area (Å²) in [5.74, 6) is -1.13. The van der Waals surface area contributed by atoms with E-state index in [4.69, 9.17) is 0 Å². The molecule has 0 saturated carbocycles. The summed E-state index contributed by atoms with van der Waals surface area (Å²) in [7, 11) is -4.00. The molecule has 0 bridgehead atoms. The summed E-state index contributed by atoms with van der Waals surface area (Å²) in [5, 5.41) is 1.70. The lowest BCUT2D eigenvalue weighted by molar-refractivity contribution is -0.0149. The molecular formula is C17H17NO5S. The predicted octanol–water partition coefficient (Wildman–Crippen LogP) is 2.53. The van der Waals surface area contributed by atoms with E-state index in [0.717, 1.165) is 23.6 Å². The van der Waals surface area contributed by atoms with Crippen molar-refractivity contribution >= 4 is 32.7 Å². The van der Waals surface area contributed by atoms with E-state index in [0.29, 0.717) is 16.4 Å². The Labute approximate surface area is 140 Å². The van der Waals surface area contributed by atoms with Gasteiger partial charge in [0.25, 0.3) is 21.9 Å². The van der Waals surface area contributed by atoms with E-state index >= 15 is 0 Å². The molecule has 0 unspecified atom stereocenters. The molecule has 0 N–H and O–H groups in total. The van der Waals surface area contributed by atoms with Crippen molar-refractivity contribution in [3.63, 3.8) is 0 Å². The Kier molecular flexibility index (Phi) is 3.93. The third kappa shape index (κ3) is 2.81. The fraction of sp³-hybridized carbons (Fsp3) is 0.294. The van der Waals surface area contributed by atoms with Crippen molar-refractivity contribution in [1.29, 1.82) is 0 Å². The van der Waals surface area contributed by atoms with Gasteiger partial charge in [0.05, 0.1) is 17.4 Å². The Bertz CT molecular complexity index is 940. The number of nitrogens with zero attached hydrogens (tertiary/aromatic N) is 1. The van der Waals surface area contributed by atoms with Crippen LogP contribution in [0.2, 0.25) is 0 Å². The molecule has 2 aromatic rings. The van der Waals surface area contributed by atoms with Crippen LogP contribution >= 0.6 is 0 Å². The fourth-order valence-corrected chi connectivity index (χ4v) is 3.36. The summed E-state index contributed by atoms with van der Waals surface area (Å²) in [6.07, 6.45) is 1.60. The van der Waals surface area contributed by atoms with Crippen LogP contribution in [0.1, 0.15) is 40.1 Å². The number of hydroxylamine groups is 2. The molecule has 0 aromatic heterocycles. The van der Waals surface area contributed by atoms with E-state index in [1.54, 1.807) is 18.2 Å². The average Bonchev–Trinajstić information content (AvgIpc) is 2.48. The maximum atomic E-state index is 12.5. The van der Waals surface area contributed by atoms with Crippen LogP contribution in [-0.2, 0) is 20.8 Å². The lowest BCUT2D eigenvalue weighted by Gasteiger charge is -2.25. The number of rotatable bonds is 4. The lowest BCUT2D eigenvalue weighted by Crippen LogP contribution is -2.41. The molecule has 126 valence electrons. The van der Waals surface area contributed by atoms with E-state index < -0.39 is 21.9 Å². The van der Waals surface area contributed by atoms with Crippen molar-refractivity contribution in [3.8, 4) is 0 Å². The molecule has 1 aliphatic heterocycles. The molecule has 2 aromatic carbocycles. The SMILES string of the molecule is CC(C)Cc1ccc2c3c(cccc13)C(=O)N(OS(C)(=O)=O)C2=O. The van der Waals surface area contributed by atoms with Gasteiger partial charge in [0.2, 0.25) is 0 Å². The Balaban J connectivity index is 2.22. The number of carbonyl (C=O) groups excluding carboxylic acids is 2. The molecule has 0 aliphatic carbocycles. The zero-order valence-corrected chi connectivity index (χ0v) is 14.4. The molecule has 7 heteroatoms. The second-order valence-corrected chi connectivity index (χ2v) is 7.84. The first-order valence-electron chi connectivity index (χ1n) is 7.52. The Morgan fingerprint density at radius 3 is 2.25 bits per heavy atom. The molecule has 2 amide bonds. The number of amides is 2. The van der Waals surface area contributed by atoms with Gasteiger partial charge in [-0.05, 0) is 35.4 Å². The second kappa shape index (κ2) is 5.68. The zero-order chi connectivity index (χ0) is 17.6. The van der Waals surface area contributed by atoms with Crippen molar-refractivity contribution in [2.75, 3.05) is 6.26 Å². The Hall–Kier alpha value is -2.25. The maximum absolute atomic E-state index is 12.5. The van der Waals surface area contributed by atoms with Gasteiger partial charge in [0.1, 0.15) is 0 Å². The predicted molar refractivity (Wildman–Crippen MR) is 88.9 cm³/mol. The number of imide groups is 1. The summed E-state index contributed by atoms with van der Waals surface area (Å²) < 4.78 is 27.3. The molecular weight excluding hydrogens is 330 g/mol. The van der Waals surface area contributed by atoms with E-state index in [9.17, 15) is 18.0 Å². The van der Waals surface area contributed by atoms with Crippen LogP contribution in [0.4, 0.5) is 0 Å². The van der Waals surface area contributed by atoms with Gasteiger partial charge in [0.15, 0.2) is 0 Å². The largest absolute Gasteiger partial charge is 0.286 e. The van der Waals surface area contributed by atoms with E-state index in [-0.39, 0.29) is 11.1 Å². The molecule has 0 spiro atoms. The number of hydrogen-bond donors (Lipinski definition) is 0. The highest BCUT2D eigenvalue weighted by Gasteiger charge is 2.36. The van der Waals surface area contributed by atoms with Gasteiger partial charge >= 0.3 is 0 Å². The molecule has 3 rings (SSSR count). The van der Waals surface area contributed by atoms with E-state index in [1.165, 1.54) is 0 Å². The monoisotopic (exact) mass is 347 g/mol. The maximum Gasteiger partial charge on any atom is 0.286 e. The lowest BCUT2D eigenvalue weighted by atomic mass is 9.89. The smallest absolute Gasteiger partial charge is 0.266 e. The molecule has 1 heterocycles. The topological polar surface area (TPSA) is 80.8 Å². The van der Waals surface area contributed by atoms with E-state index in [1.807, 2.05) is 12.1 Å². The number of benzene rings is 2. The summed E-state index contributed by atoms with van der Waals surface area (Å²) in [6, 6.07) is 8.62. The molecule has 0 fully saturated rings. The minimum atomic E-state index is -4.00. The first kappa shape index (κ1) is 16.6. The van der Waals surface area contributed by atoms with E-state index in [2.05, 4.69) is 18.1 Å². The van der Waals surface area contributed by atoms with Crippen LogP contribution in [0, 0.1) is 5.92 Å². The third-order valence-corrected chi connectivity index (χ3v) is 4.22.